The number of hydrogen-bond acceptors (Lipinski definition) is 6. The van der Waals surface area contributed by atoms with E-state index in [2.05, 4.69) is 15.0 Å². The number of carboxylic acid groups (broad SMARTS) is 1. The fourth-order valence-electron chi connectivity index (χ4n) is 1.71. The maximum absolute atomic E-state index is 10.9. The predicted molar refractivity (Wildman–Crippen MR) is 72.0 cm³/mol. The van der Waals surface area contributed by atoms with Crippen LogP contribution in [0.4, 0.5) is 5.13 Å². The van der Waals surface area contributed by atoms with Gasteiger partial charge in [-0.15, -0.1) is 0 Å². The number of carbonyl (C=O) groups is 1. The van der Waals surface area contributed by atoms with Crippen molar-refractivity contribution < 1.29 is 9.90 Å². The number of hydrogen-bond donors (Lipinski definition) is 2. The smallest absolute Gasteiger partial charge is 0.337 e. The Morgan fingerprint density at radius 2 is 2.00 bits per heavy atom. The van der Waals surface area contributed by atoms with Crippen molar-refractivity contribution in [3.63, 3.8) is 0 Å². The molecule has 3 N–H and O–H groups in total. The predicted octanol–water partition coefficient (Wildman–Crippen LogP) is 2.03. The van der Waals surface area contributed by atoms with Gasteiger partial charge >= 0.3 is 5.97 Å². The van der Waals surface area contributed by atoms with Crippen LogP contribution in [0.15, 0.2) is 30.7 Å². The third-order valence-electron chi connectivity index (χ3n) is 2.58. The SMILES string of the molecule is Nc1nc2cc(-c3cncc(C(=O)O)c3)cnc2s1. The van der Waals surface area contributed by atoms with Crippen molar-refractivity contribution in [1.29, 1.82) is 0 Å². The van der Waals surface area contributed by atoms with Crippen LogP contribution < -0.4 is 5.73 Å². The molecule has 0 fully saturated rings. The van der Waals surface area contributed by atoms with Gasteiger partial charge in [0, 0.05) is 29.7 Å². The molecule has 0 saturated carbocycles. The van der Waals surface area contributed by atoms with Crippen molar-refractivity contribution in [1.82, 2.24) is 15.0 Å². The third-order valence-corrected chi connectivity index (χ3v) is 3.39. The highest BCUT2D eigenvalue weighted by Gasteiger charge is 2.08. The molecule has 0 bridgehead atoms. The summed E-state index contributed by atoms with van der Waals surface area (Å²) in [5.74, 6) is -1.01. The maximum Gasteiger partial charge on any atom is 0.337 e. The molecule has 0 spiro atoms. The van der Waals surface area contributed by atoms with E-state index in [1.54, 1.807) is 18.5 Å². The Hall–Kier alpha value is -2.54. The summed E-state index contributed by atoms with van der Waals surface area (Å²) in [4.78, 5) is 24.0. The lowest BCUT2D eigenvalue weighted by molar-refractivity contribution is 0.0696. The van der Waals surface area contributed by atoms with Crippen molar-refractivity contribution in [3.8, 4) is 11.1 Å². The zero-order chi connectivity index (χ0) is 13.4. The van der Waals surface area contributed by atoms with Crippen LogP contribution in [0.2, 0.25) is 0 Å². The summed E-state index contributed by atoms with van der Waals surface area (Å²) in [6.45, 7) is 0. The van der Waals surface area contributed by atoms with Crippen LogP contribution in [0.3, 0.4) is 0 Å². The molecular formula is C12H8N4O2S. The molecule has 7 heteroatoms. The molecule has 0 unspecified atom stereocenters. The molecule has 3 heterocycles. The molecule has 0 atom stereocenters. The first-order valence-corrected chi connectivity index (χ1v) is 6.16. The van der Waals surface area contributed by atoms with E-state index in [9.17, 15) is 4.79 Å². The van der Waals surface area contributed by atoms with Crippen LogP contribution in [-0.2, 0) is 0 Å². The summed E-state index contributed by atoms with van der Waals surface area (Å²) in [6, 6.07) is 3.37. The van der Waals surface area contributed by atoms with Gasteiger partial charge in [-0.25, -0.2) is 14.8 Å². The number of aromatic nitrogens is 3. The number of nitrogens with zero attached hydrogens (tertiary/aromatic N) is 3. The van der Waals surface area contributed by atoms with Crippen molar-refractivity contribution >= 4 is 32.8 Å². The molecule has 0 saturated heterocycles. The lowest BCUT2D eigenvalue weighted by Crippen LogP contribution is -1.97. The van der Waals surface area contributed by atoms with E-state index in [0.29, 0.717) is 16.2 Å². The highest BCUT2D eigenvalue weighted by Crippen LogP contribution is 2.26. The number of fused-ring (bicyclic) bond motifs is 1. The molecule has 0 aromatic carbocycles. The number of carboxylic acids is 1. The van der Waals surface area contributed by atoms with E-state index in [-0.39, 0.29) is 5.56 Å². The van der Waals surface area contributed by atoms with Crippen molar-refractivity contribution in [2.24, 2.45) is 0 Å². The molecule has 0 aliphatic rings. The van der Waals surface area contributed by atoms with E-state index in [1.807, 2.05) is 6.07 Å². The number of pyridine rings is 2. The molecule has 3 rings (SSSR count). The molecule has 0 amide bonds. The summed E-state index contributed by atoms with van der Waals surface area (Å²) in [5, 5.41) is 9.40. The van der Waals surface area contributed by atoms with Gasteiger partial charge < -0.3 is 10.8 Å². The van der Waals surface area contributed by atoms with Gasteiger partial charge in [-0.05, 0) is 12.1 Å². The Bertz CT molecular complexity index is 784. The summed E-state index contributed by atoms with van der Waals surface area (Å²) in [7, 11) is 0. The van der Waals surface area contributed by atoms with Gasteiger partial charge in [0.1, 0.15) is 10.3 Å². The lowest BCUT2D eigenvalue weighted by atomic mass is 10.1. The Balaban J connectivity index is 2.12. The summed E-state index contributed by atoms with van der Waals surface area (Å²) in [6.07, 6.45) is 4.55. The lowest BCUT2D eigenvalue weighted by Gasteiger charge is -2.01. The van der Waals surface area contributed by atoms with Crippen molar-refractivity contribution in [2.75, 3.05) is 5.73 Å². The van der Waals surface area contributed by atoms with Crippen LogP contribution >= 0.6 is 11.3 Å². The summed E-state index contributed by atoms with van der Waals surface area (Å²) in [5.41, 5.74) is 7.89. The van der Waals surface area contributed by atoms with Crippen molar-refractivity contribution in [2.45, 2.75) is 0 Å². The van der Waals surface area contributed by atoms with Gasteiger partial charge in [-0.2, -0.15) is 0 Å². The molecule has 3 aromatic heterocycles. The second kappa shape index (κ2) is 4.29. The number of anilines is 1. The first-order chi connectivity index (χ1) is 9.13. The van der Waals surface area contributed by atoms with Crippen LogP contribution in [-0.4, -0.2) is 26.0 Å². The maximum atomic E-state index is 10.9. The van der Waals surface area contributed by atoms with Gasteiger partial charge in [-0.3, -0.25) is 4.98 Å². The largest absolute Gasteiger partial charge is 0.478 e. The van der Waals surface area contributed by atoms with Crippen LogP contribution in [0.25, 0.3) is 21.5 Å². The fraction of sp³-hybridized carbons (Fsp3) is 0. The zero-order valence-corrected chi connectivity index (χ0v) is 10.4. The number of nitrogen functional groups attached to an aromatic ring is 1. The van der Waals surface area contributed by atoms with E-state index in [1.165, 1.54) is 17.5 Å². The molecule has 0 aliphatic carbocycles. The minimum absolute atomic E-state index is 0.135. The average Bonchev–Trinajstić information content (AvgIpc) is 2.77. The highest BCUT2D eigenvalue weighted by atomic mass is 32.1. The standard InChI is InChI=1S/C12H8N4O2S/c13-12-16-9-2-7(5-15-10(9)19-12)6-1-8(11(17)18)4-14-3-6/h1-5H,(H2,13,16)(H,17,18). The molecule has 0 aliphatic heterocycles. The Morgan fingerprint density at radius 1 is 1.21 bits per heavy atom. The van der Waals surface area contributed by atoms with Crippen LogP contribution in [0, 0.1) is 0 Å². The summed E-state index contributed by atoms with van der Waals surface area (Å²) < 4.78 is 0. The highest BCUT2D eigenvalue weighted by molar-refractivity contribution is 7.21. The first-order valence-electron chi connectivity index (χ1n) is 5.34. The van der Waals surface area contributed by atoms with Gasteiger partial charge in [0.2, 0.25) is 0 Å². The number of thiazole rings is 1. The topological polar surface area (TPSA) is 102 Å². The van der Waals surface area contributed by atoms with E-state index < -0.39 is 5.97 Å². The second-order valence-electron chi connectivity index (χ2n) is 3.87. The monoisotopic (exact) mass is 272 g/mol. The van der Waals surface area contributed by atoms with Gasteiger partial charge in [0.15, 0.2) is 5.13 Å². The zero-order valence-electron chi connectivity index (χ0n) is 9.57. The molecule has 94 valence electrons. The van der Waals surface area contributed by atoms with Crippen LogP contribution in [0.5, 0.6) is 0 Å². The average molecular weight is 272 g/mol. The first kappa shape index (κ1) is 11.5. The minimum Gasteiger partial charge on any atom is -0.478 e. The molecular weight excluding hydrogens is 264 g/mol. The molecule has 19 heavy (non-hydrogen) atoms. The fourth-order valence-corrected chi connectivity index (χ4v) is 2.37. The quantitative estimate of drug-likeness (QED) is 0.740. The Morgan fingerprint density at radius 3 is 2.79 bits per heavy atom. The summed E-state index contributed by atoms with van der Waals surface area (Å²) >= 11 is 1.31. The number of nitrogens with two attached hydrogens (primary N) is 1. The second-order valence-corrected chi connectivity index (χ2v) is 4.88. The van der Waals surface area contributed by atoms with E-state index in [0.717, 1.165) is 10.4 Å². The number of rotatable bonds is 2. The molecule has 6 nitrogen and oxygen atoms in total. The van der Waals surface area contributed by atoms with Gasteiger partial charge in [0.05, 0.1) is 5.56 Å². The van der Waals surface area contributed by atoms with Gasteiger partial charge in [-0.1, -0.05) is 11.3 Å². The van der Waals surface area contributed by atoms with E-state index >= 15 is 0 Å². The minimum atomic E-state index is -1.01. The van der Waals surface area contributed by atoms with Crippen LogP contribution in [0.1, 0.15) is 10.4 Å². The van der Waals surface area contributed by atoms with E-state index in [4.69, 9.17) is 10.8 Å². The third kappa shape index (κ3) is 2.11. The molecule has 3 aromatic rings. The Kier molecular flexibility index (Phi) is 2.60. The normalized spacial score (nSPS) is 10.7. The Labute approximate surface area is 111 Å². The van der Waals surface area contributed by atoms with Gasteiger partial charge in [0.25, 0.3) is 0 Å². The van der Waals surface area contributed by atoms with Crippen molar-refractivity contribution in [3.05, 3.63) is 36.3 Å². The number of aromatic carboxylic acids is 1. The molecule has 0 radical (unpaired) electrons.